The fourth-order valence-electron chi connectivity index (χ4n) is 1.74. The minimum atomic E-state index is -0.397. The number of hydrogen-bond donors (Lipinski definition) is 2. The Labute approximate surface area is 101 Å². The van der Waals surface area contributed by atoms with E-state index in [2.05, 4.69) is 4.98 Å². The van der Waals surface area contributed by atoms with Crippen molar-refractivity contribution in [2.24, 2.45) is 0 Å². The first kappa shape index (κ1) is 10.6. The summed E-state index contributed by atoms with van der Waals surface area (Å²) in [6, 6.07) is 8.71. The lowest BCUT2D eigenvalue weighted by atomic mass is 10.2. The minimum absolute atomic E-state index is 0.0259. The second-order valence-electron chi connectivity index (χ2n) is 3.91. The van der Waals surface area contributed by atoms with Crippen LogP contribution in [0.1, 0.15) is 0 Å². The molecule has 1 aromatic heterocycles. The van der Waals surface area contributed by atoms with E-state index < -0.39 is 5.82 Å². The summed E-state index contributed by atoms with van der Waals surface area (Å²) in [6.45, 7) is 0. The molecule has 0 aliphatic rings. The van der Waals surface area contributed by atoms with Crippen LogP contribution in [0.25, 0.3) is 22.6 Å². The third-order valence-electron chi connectivity index (χ3n) is 2.60. The lowest BCUT2D eigenvalue weighted by molar-refractivity contribution is 0.474. The Hall–Kier alpha value is -2.56. The molecular formula is C13H9FN2O2. The number of anilines is 1. The second kappa shape index (κ2) is 3.73. The maximum absolute atomic E-state index is 13.0. The van der Waals surface area contributed by atoms with Crippen LogP contribution in [0.2, 0.25) is 0 Å². The predicted molar refractivity (Wildman–Crippen MR) is 65.5 cm³/mol. The van der Waals surface area contributed by atoms with Gasteiger partial charge in [-0.05, 0) is 24.3 Å². The Balaban J connectivity index is 2.19. The Morgan fingerprint density at radius 3 is 2.78 bits per heavy atom. The van der Waals surface area contributed by atoms with Crippen molar-refractivity contribution in [3.05, 3.63) is 42.2 Å². The van der Waals surface area contributed by atoms with Gasteiger partial charge in [-0.1, -0.05) is 0 Å². The highest BCUT2D eigenvalue weighted by atomic mass is 19.1. The van der Waals surface area contributed by atoms with E-state index >= 15 is 0 Å². The molecule has 3 aromatic rings. The maximum Gasteiger partial charge on any atom is 0.231 e. The van der Waals surface area contributed by atoms with Gasteiger partial charge in [0.1, 0.15) is 17.1 Å². The van der Waals surface area contributed by atoms with Gasteiger partial charge in [-0.25, -0.2) is 9.37 Å². The molecule has 1 heterocycles. The normalized spacial score (nSPS) is 10.9. The van der Waals surface area contributed by atoms with Crippen LogP contribution in [0, 0.1) is 5.82 Å². The third kappa shape index (κ3) is 1.66. The Morgan fingerprint density at radius 2 is 2.00 bits per heavy atom. The van der Waals surface area contributed by atoms with Crippen molar-refractivity contribution < 1.29 is 13.9 Å². The highest BCUT2D eigenvalue weighted by Crippen LogP contribution is 2.32. The number of nitrogens with zero attached hydrogens (tertiary/aromatic N) is 1. The van der Waals surface area contributed by atoms with E-state index in [1.807, 2.05) is 0 Å². The first-order valence-corrected chi connectivity index (χ1v) is 5.28. The van der Waals surface area contributed by atoms with Crippen LogP contribution in [-0.4, -0.2) is 10.1 Å². The van der Waals surface area contributed by atoms with Gasteiger partial charge in [0, 0.05) is 17.8 Å². The average Bonchev–Trinajstić information content (AvgIpc) is 2.71. The number of phenols is 1. The number of fused-ring (bicyclic) bond motifs is 1. The standard InChI is InChI=1S/C13H9FN2O2/c14-7-1-4-10-12(5-7)18-13(16-10)9-3-2-8(15)6-11(9)17/h1-6,17H,15H2. The number of nitrogens with two attached hydrogens (primary N) is 1. The monoisotopic (exact) mass is 244 g/mol. The molecule has 0 saturated heterocycles. The molecule has 0 aliphatic carbocycles. The molecule has 0 bridgehead atoms. The molecule has 0 fully saturated rings. The molecule has 0 saturated carbocycles. The van der Waals surface area contributed by atoms with Crippen molar-refractivity contribution in [1.82, 2.24) is 4.98 Å². The molecule has 0 atom stereocenters. The zero-order valence-electron chi connectivity index (χ0n) is 9.22. The molecule has 5 heteroatoms. The summed E-state index contributed by atoms with van der Waals surface area (Å²) >= 11 is 0. The first-order chi connectivity index (χ1) is 8.63. The fourth-order valence-corrected chi connectivity index (χ4v) is 1.74. The molecule has 4 nitrogen and oxygen atoms in total. The van der Waals surface area contributed by atoms with E-state index in [1.165, 1.54) is 24.3 Å². The van der Waals surface area contributed by atoms with Crippen LogP contribution in [0.3, 0.4) is 0 Å². The fraction of sp³-hybridized carbons (Fsp3) is 0. The van der Waals surface area contributed by atoms with Gasteiger partial charge in [-0.2, -0.15) is 0 Å². The van der Waals surface area contributed by atoms with Crippen molar-refractivity contribution in [3.8, 4) is 17.2 Å². The summed E-state index contributed by atoms with van der Waals surface area (Å²) in [5.74, 6) is -0.193. The van der Waals surface area contributed by atoms with Gasteiger partial charge >= 0.3 is 0 Å². The molecule has 0 unspecified atom stereocenters. The number of halogens is 1. The number of oxazole rings is 1. The molecule has 0 amide bonds. The van der Waals surface area contributed by atoms with E-state index in [4.69, 9.17) is 10.2 Å². The lowest BCUT2D eigenvalue weighted by Gasteiger charge is -2.00. The Morgan fingerprint density at radius 1 is 1.17 bits per heavy atom. The second-order valence-corrected chi connectivity index (χ2v) is 3.91. The van der Waals surface area contributed by atoms with Crippen LogP contribution in [0.4, 0.5) is 10.1 Å². The van der Waals surface area contributed by atoms with Gasteiger partial charge in [0.05, 0.1) is 5.56 Å². The van der Waals surface area contributed by atoms with E-state index in [9.17, 15) is 9.50 Å². The molecule has 0 spiro atoms. The van der Waals surface area contributed by atoms with Crippen molar-refractivity contribution in [3.63, 3.8) is 0 Å². The number of aromatic hydroxyl groups is 1. The largest absolute Gasteiger partial charge is 0.507 e. The Bertz CT molecular complexity index is 737. The molecule has 3 N–H and O–H groups in total. The van der Waals surface area contributed by atoms with Gasteiger partial charge in [0.2, 0.25) is 5.89 Å². The first-order valence-electron chi connectivity index (χ1n) is 5.28. The number of hydrogen-bond acceptors (Lipinski definition) is 4. The zero-order chi connectivity index (χ0) is 12.7. The van der Waals surface area contributed by atoms with Crippen molar-refractivity contribution in [1.29, 1.82) is 0 Å². The topological polar surface area (TPSA) is 72.3 Å². The van der Waals surface area contributed by atoms with Crippen LogP contribution < -0.4 is 5.73 Å². The summed E-state index contributed by atoms with van der Waals surface area (Å²) in [5.41, 5.74) is 7.27. The van der Waals surface area contributed by atoms with Crippen LogP contribution in [0.5, 0.6) is 5.75 Å². The van der Waals surface area contributed by atoms with Crippen LogP contribution in [0.15, 0.2) is 40.8 Å². The Kier molecular flexibility index (Phi) is 2.19. The summed E-state index contributed by atoms with van der Waals surface area (Å²) in [5, 5.41) is 9.77. The molecule has 2 aromatic carbocycles. The van der Waals surface area contributed by atoms with Crippen LogP contribution in [-0.2, 0) is 0 Å². The van der Waals surface area contributed by atoms with Crippen LogP contribution >= 0.6 is 0 Å². The number of aromatic nitrogens is 1. The predicted octanol–water partition coefficient (Wildman–Crippen LogP) is 2.92. The van der Waals surface area contributed by atoms with E-state index in [1.54, 1.807) is 12.1 Å². The molecule has 0 radical (unpaired) electrons. The van der Waals surface area contributed by atoms with Gasteiger partial charge in [0.25, 0.3) is 0 Å². The molecule has 18 heavy (non-hydrogen) atoms. The summed E-state index contributed by atoms with van der Waals surface area (Å²) in [7, 11) is 0. The van der Waals surface area contributed by atoms with Crippen molar-refractivity contribution in [2.45, 2.75) is 0 Å². The lowest BCUT2D eigenvalue weighted by Crippen LogP contribution is -1.85. The third-order valence-corrected chi connectivity index (χ3v) is 2.60. The van der Waals surface area contributed by atoms with Crippen molar-refractivity contribution >= 4 is 16.8 Å². The SMILES string of the molecule is Nc1ccc(-c2nc3ccc(F)cc3o2)c(O)c1. The summed E-state index contributed by atoms with van der Waals surface area (Å²) in [4.78, 5) is 4.18. The highest BCUT2D eigenvalue weighted by Gasteiger charge is 2.12. The number of phenolic OH excluding ortho intramolecular Hbond substituents is 1. The number of benzene rings is 2. The summed E-state index contributed by atoms with van der Waals surface area (Å²) in [6.07, 6.45) is 0. The van der Waals surface area contributed by atoms with E-state index in [0.717, 1.165) is 0 Å². The number of nitrogen functional groups attached to an aromatic ring is 1. The molecular weight excluding hydrogens is 235 g/mol. The van der Waals surface area contributed by atoms with Gasteiger partial charge < -0.3 is 15.3 Å². The minimum Gasteiger partial charge on any atom is -0.507 e. The quantitative estimate of drug-likeness (QED) is 0.645. The van der Waals surface area contributed by atoms with E-state index in [0.29, 0.717) is 22.4 Å². The highest BCUT2D eigenvalue weighted by molar-refractivity contribution is 5.78. The van der Waals surface area contributed by atoms with E-state index in [-0.39, 0.29) is 11.6 Å². The van der Waals surface area contributed by atoms with Gasteiger partial charge in [0.15, 0.2) is 5.58 Å². The smallest absolute Gasteiger partial charge is 0.231 e. The molecule has 0 aliphatic heterocycles. The van der Waals surface area contributed by atoms with Gasteiger partial charge in [-0.15, -0.1) is 0 Å². The zero-order valence-corrected chi connectivity index (χ0v) is 9.22. The molecule has 3 rings (SSSR count). The molecule has 90 valence electrons. The van der Waals surface area contributed by atoms with Gasteiger partial charge in [-0.3, -0.25) is 0 Å². The average molecular weight is 244 g/mol. The van der Waals surface area contributed by atoms with Crippen molar-refractivity contribution in [2.75, 3.05) is 5.73 Å². The maximum atomic E-state index is 13.0. The summed E-state index contributed by atoms with van der Waals surface area (Å²) < 4.78 is 18.4. The number of rotatable bonds is 1.